The first kappa shape index (κ1) is 17.1. The normalized spacial score (nSPS) is 15.8. The number of nitrogens with two attached hydrogens (primary N) is 1. The highest BCUT2D eigenvalue weighted by Gasteiger charge is 2.19. The third kappa shape index (κ3) is 2.97. The number of pyridine rings is 1. The van der Waals surface area contributed by atoms with Crippen LogP contribution in [0.25, 0.3) is 16.8 Å². The van der Waals surface area contributed by atoms with Gasteiger partial charge in [-0.3, -0.25) is 4.40 Å². The van der Waals surface area contributed by atoms with Gasteiger partial charge in [-0.15, -0.1) is 0 Å². The molecule has 3 aromatic rings. The van der Waals surface area contributed by atoms with Crippen LogP contribution in [-0.4, -0.2) is 47.5 Å². The quantitative estimate of drug-likeness (QED) is 0.790. The van der Waals surface area contributed by atoms with Gasteiger partial charge in [0, 0.05) is 44.5 Å². The molecule has 0 saturated carbocycles. The van der Waals surface area contributed by atoms with E-state index in [0.29, 0.717) is 6.54 Å². The Morgan fingerprint density at radius 2 is 1.81 bits per heavy atom. The van der Waals surface area contributed by atoms with Crippen molar-refractivity contribution >= 4 is 11.5 Å². The van der Waals surface area contributed by atoms with Gasteiger partial charge in [0.05, 0.1) is 6.20 Å². The van der Waals surface area contributed by atoms with Crippen LogP contribution in [-0.2, 0) is 6.54 Å². The molecule has 26 heavy (non-hydrogen) atoms. The van der Waals surface area contributed by atoms with Crippen LogP contribution in [0.1, 0.15) is 16.7 Å². The standard InChI is InChI=1S/C21H27N5/c1-15-4-5-18(16(2)10-15)19-14-26-20(11-17(19)12-22)23-13-21(26)25-8-6-24(3)7-9-25/h4-5,10-11,13-14H,6-9,12,22H2,1-3H3. The molecule has 1 aromatic carbocycles. The summed E-state index contributed by atoms with van der Waals surface area (Å²) in [6, 6.07) is 8.74. The second-order valence-corrected chi connectivity index (χ2v) is 7.37. The molecule has 1 aliphatic rings. The monoisotopic (exact) mass is 349 g/mol. The van der Waals surface area contributed by atoms with Crippen molar-refractivity contribution in [2.75, 3.05) is 38.1 Å². The molecule has 0 unspecified atom stereocenters. The molecule has 2 aromatic heterocycles. The second kappa shape index (κ2) is 6.74. The Balaban J connectivity index is 1.83. The predicted octanol–water partition coefficient (Wildman–Crippen LogP) is 2.83. The van der Waals surface area contributed by atoms with Gasteiger partial charge in [0.2, 0.25) is 0 Å². The zero-order chi connectivity index (χ0) is 18.3. The first-order valence-electron chi connectivity index (χ1n) is 9.28. The fourth-order valence-corrected chi connectivity index (χ4v) is 3.85. The number of benzene rings is 1. The molecule has 1 saturated heterocycles. The molecule has 0 bridgehead atoms. The SMILES string of the molecule is Cc1ccc(-c2cn3c(N4CCN(C)CC4)cnc3cc2CN)c(C)c1. The summed E-state index contributed by atoms with van der Waals surface area (Å²) in [5.74, 6) is 1.17. The highest BCUT2D eigenvalue weighted by molar-refractivity contribution is 5.73. The molecule has 5 heteroatoms. The van der Waals surface area contributed by atoms with Gasteiger partial charge in [-0.25, -0.2) is 4.98 Å². The Labute approximate surface area is 155 Å². The van der Waals surface area contributed by atoms with Crippen LogP contribution in [0.2, 0.25) is 0 Å². The first-order valence-corrected chi connectivity index (χ1v) is 9.28. The molecule has 1 aliphatic heterocycles. The van der Waals surface area contributed by atoms with Gasteiger partial charge in [-0.2, -0.15) is 0 Å². The van der Waals surface area contributed by atoms with Gasteiger partial charge >= 0.3 is 0 Å². The molecule has 2 N–H and O–H groups in total. The lowest BCUT2D eigenvalue weighted by Crippen LogP contribution is -2.44. The Hall–Kier alpha value is -2.37. The molecular weight excluding hydrogens is 322 g/mol. The van der Waals surface area contributed by atoms with Crippen molar-refractivity contribution in [1.82, 2.24) is 14.3 Å². The number of nitrogens with zero attached hydrogens (tertiary/aromatic N) is 4. The van der Waals surface area contributed by atoms with E-state index in [0.717, 1.165) is 37.4 Å². The van der Waals surface area contributed by atoms with E-state index >= 15 is 0 Å². The van der Waals surface area contributed by atoms with Gasteiger partial charge in [-0.05, 0) is 43.7 Å². The minimum atomic E-state index is 0.510. The maximum atomic E-state index is 6.07. The fraction of sp³-hybridized carbons (Fsp3) is 0.381. The van der Waals surface area contributed by atoms with Crippen LogP contribution in [0.3, 0.4) is 0 Å². The smallest absolute Gasteiger partial charge is 0.138 e. The van der Waals surface area contributed by atoms with E-state index in [1.54, 1.807) is 0 Å². The molecule has 0 spiro atoms. The van der Waals surface area contributed by atoms with Crippen LogP contribution < -0.4 is 10.6 Å². The molecular formula is C21H27N5. The van der Waals surface area contributed by atoms with E-state index in [1.165, 1.54) is 28.1 Å². The van der Waals surface area contributed by atoms with Crippen molar-refractivity contribution in [3.63, 3.8) is 0 Å². The number of rotatable bonds is 3. The topological polar surface area (TPSA) is 49.8 Å². The Bertz CT molecular complexity index is 935. The van der Waals surface area contributed by atoms with Crippen molar-refractivity contribution in [1.29, 1.82) is 0 Å². The highest BCUT2D eigenvalue weighted by atomic mass is 15.3. The minimum absolute atomic E-state index is 0.510. The lowest BCUT2D eigenvalue weighted by atomic mass is 9.96. The lowest BCUT2D eigenvalue weighted by molar-refractivity contribution is 0.312. The number of likely N-dealkylation sites (N-methyl/N-ethyl adjacent to an activating group) is 1. The van der Waals surface area contributed by atoms with Crippen LogP contribution in [0.5, 0.6) is 0 Å². The first-order chi connectivity index (χ1) is 12.6. The largest absolute Gasteiger partial charge is 0.354 e. The molecule has 1 fully saturated rings. The van der Waals surface area contributed by atoms with Crippen LogP contribution in [0.15, 0.2) is 36.7 Å². The number of hydrogen-bond acceptors (Lipinski definition) is 4. The van der Waals surface area contributed by atoms with Crippen molar-refractivity contribution < 1.29 is 0 Å². The van der Waals surface area contributed by atoms with Crippen LogP contribution in [0.4, 0.5) is 5.82 Å². The number of imidazole rings is 1. The third-order valence-electron chi connectivity index (χ3n) is 5.43. The second-order valence-electron chi connectivity index (χ2n) is 7.37. The molecule has 0 amide bonds. The van der Waals surface area contributed by atoms with E-state index in [4.69, 9.17) is 5.73 Å². The van der Waals surface area contributed by atoms with Crippen molar-refractivity contribution in [2.45, 2.75) is 20.4 Å². The van der Waals surface area contributed by atoms with Gasteiger partial charge in [0.1, 0.15) is 11.5 Å². The Kier molecular flexibility index (Phi) is 4.42. The lowest BCUT2D eigenvalue weighted by Gasteiger charge is -2.33. The van der Waals surface area contributed by atoms with E-state index in [9.17, 15) is 0 Å². The number of aromatic nitrogens is 2. The van der Waals surface area contributed by atoms with Crippen molar-refractivity contribution in [3.05, 3.63) is 53.3 Å². The van der Waals surface area contributed by atoms with Crippen molar-refractivity contribution in [3.8, 4) is 11.1 Å². The minimum Gasteiger partial charge on any atom is -0.354 e. The average Bonchev–Trinajstić information content (AvgIpc) is 3.04. The van der Waals surface area contributed by atoms with Crippen molar-refractivity contribution in [2.24, 2.45) is 5.73 Å². The van der Waals surface area contributed by atoms with E-state index in [2.05, 4.69) is 70.5 Å². The zero-order valence-electron chi connectivity index (χ0n) is 15.9. The number of hydrogen-bond donors (Lipinski definition) is 1. The summed E-state index contributed by atoms with van der Waals surface area (Å²) in [7, 11) is 2.18. The number of fused-ring (bicyclic) bond motifs is 1. The molecule has 0 radical (unpaired) electrons. The van der Waals surface area contributed by atoms with Crippen LogP contribution >= 0.6 is 0 Å². The fourth-order valence-electron chi connectivity index (χ4n) is 3.85. The van der Waals surface area contributed by atoms with E-state index < -0.39 is 0 Å². The van der Waals surface area contributed by atoms with Gasteiger partial charge in [-0.1, -0.05) is 23.8 Å². The zero-order valence-corrected chi connectivity index (χ0v) is 15.9. The average molecular weight is 349 g/mol. The molecule has 136 valence electrons. The molecule has 3 heterocycles. The molecule has 5 nitrogen and oxygen atoms in total. The summed E-state index contributed by atoms with van der Waals surface area (Å²) in [5, 5.41) is 0. The highest BCUT2D eigenvalue weighted by Crippen LogP contribution is 2.30. The Morgan fingerprint density at radius 1 is 1.04 bits per heavy atom. The molecule has 4 rings (SSSR count). The summed E-state index contributed by atoms with van der Waals surface area (Å²) in [4.78, 5) is 9.44. The van der Waals surface area contributed by atoms with Gasteiger partial charge < -0.3 is 15.5 Å². The Morgan fingerprint density at radius 3 is 2.50 bits per heavy atom. The molecule has 0 aliphatic carbocycles. The van der Waals surface area contributed by atoms with Gasteiger partial charge in [0.25, 0.3) is 0 Å². The van der Waals surface area contributed by atoms with E-state index in [1.807, 2.05) is 6.20 Å². The third-order valence-corrected chi connectivity index (χ3v) is 5.43. The van der Waals surface area contributed by atoms with Gasteiger partial charge in [0.15, 0.2) is 0 Å². The summed E-state index contributed by atoms with van der Waals surface area (Å²) in [6.07, 6.45) is 4.21. The number of aryl methyl sites for hydroxylation is 2. The van der Waals surface area contributed by atoms with Crippen LogP contribution in [0, 0.1) is 13.8 Å². The van der Waals surface area contributed by atoms with E-state index in [-0.39, 0.29) is 0 Å². The number of anilines is 1. The number of piperazine rings is 1. The summed E-state index contributed by atoms with van der Waals surface area (Å²) in [5.41, 5.74) is 13.2. The maximum absolute atomic E-state index is 6.07. The summed E-state index contributed by atoms with van der Waals surface area (Å²) < 4.78 is 2.22. The summed E-state index contributed by atoms with van der Waals surface area (Å²) in [6.45, 7) is 9.03. The predicted molar refractivity (Wildman–Crippen MR) is 108 cm³/mol. The maximum Gasteiger partial charge on any atom is 0.138 e. The summed E-state index contributed by atoms with van der Waals surface area (Å²) >= 11 is 0. The molecule has 0 atom stereocenters.